The summed E-state index contributed by atoms with van der Waals surface area (Å²) in [7, 11) is 0. The number of carbonyl (C=O) groups is 1. The van der Waals surface area contributed by atoms with E-state index in [9.17, 15) is 18.7 Å². The molecule has 0 aromatic heterocycles. The van der Waals surface area contributed by atoms with Gasteiger partial charge >= 0.3 is 0 Å². The number of amides is 1. The molecule has 1 aliphatic heterocycles. The predicted molar refractivity (Wildman–Crippen MR) is 66.7 cm³/mol. The van der Waals surface area contributed by atoms with Crippen LogP contribution < -0.4 is 0 Å². The van der Waals surface area contributed by atoms with Gasteiger partial charge in [0.05, 0.1) is 11.7 Å². The first-order valence-electron chi connectivity index (χ1n) is 6.23. The lowest BCUT2D eigenvalue weighted by atomic mass is 9.80. The highest BCUT2D eigenvalue weighted by Crippen LogP contribution is 2.31. The molecule has 1 aromatic carbocycles. The number of benzene rings is 1. The first kappa shape index (κ1) is 13.9. The molecule has 5 heteroatoms. The Balaban J connectivity index is 2.19. The van der Waals surface area contributed by atoms with E-state index < -0.39 is 23.6 Å². The van der Waals surface area contributed by atoms with Gasteiger partial charge in [-0.3, -0.25) is 4.79 Å². The largest absolute Gasteiger partial charge is 0.391 e. The summed E-state index contributed by atoms with van der Waals surface area (Å²) in [5.74, 6) is -1.97. The van der Waals surface area contributed by atoms with Crippen molar-refractivity contribution >= 4 is 5.91 Å². The molecule has 0 spiro atoms. The van der Waals surface area contributed by atoms with E-state index in [4.69, 9.17) is 0 Å². The van der Waals surface area contributed by atoms with E-state index in [-0.39, 0.29) is 17.5 Å². The molecule has 1 fully saturated rings. The Bertz CT molecular complexity index is 502. The third-order valence-corrected chi connectivity index (χ3v) is 3.77. The van der Waals surface area contributed by atoms with Gasteiger partial charge in [-0.2, -0.15) is 0 Å². The van der Waals surface area contributed by atoms with E-state index in [1.807, 2.05) is 13.8 Å². The van der Waals surface area contributed by atoms with Crippen molar-refractivity contribution in [2.45, 2.75) is 26.4 Å². The average molecular weight is 269 g/mol. The first-order chi connectivity index (χ1) is 8.81. The maximum atomic E-state index is 13.5. The molecule has 19 heavy (non-hydrogen) atoms. The van der Waals surface area contributed by atoms with Crippen LogP contribution in [-0.2, 0) is 0 Å². The molecule has 1 unspecified atom stereocenters. The highest BCUT2D eigenvalue weighted by molar-refractivity contribution is 5.94. The van der Waals surface area contributed by atoms with Gasteiger partial charge in [0, 0.05) is 13.1 Å². The van der Waals surface area contributed by atoms with Crippen LogP contribution in [0.3, 0.4) is 0 Å². The van der Waals surface area contributed by atoms with Crippen molar-refractivity contribution in [2.75, 3.05) is 13.1 Å². The molecule has 1 aliphatic rings. The number of rotatable bonds is 1. The van der Waals surface area contributed by atoms with Gasteiger partial charge in [-0.25, -0.2) is 8.78 Å². The molecule has 1 N–H and O–H groups in total. The maximum absolute atomic E-state index is 13.5. The average Bonchev–Trinajstić information content (AvgIpc) is 2.35. The quantitative estimate of drug-likeness (QED) is 0.849. The summed E-state index contributed by atoms with van der Waals surface area (Å²) in [6.07, 6.45) is -0.0431. The maximum Gasteiger partial charge on any atom is 0.257 e. The second kappa shape index (κ2) is 4.89. The normalized spacial score (nSPS) is 22.4. The molecular formula is C14H17F2NO2. The van der Waals surface area contributed by atoms with Crippen LogP contribution in [0, 0.1) is 17.0 Å². The molecule has 1 heterocycles. The lowest BCUT2D eigenvalue weighted by molar-refractivity contribution is -0.0192. The zero-order valence-corrected chi connectivity index (χ0v) is 11.0. The zero-order chi connectivity index (χ0) is 14.2. The van der Waals surface area contributed by atoms with Crippen LogP contribution >= 0.6 is 0 Å². The summed E-state index contributed by atoms with van der Waals surface area (Å²) in [5.41, 5.74) is -0.552. The lowest BCUT2D eigenvalue weighted by Gasteiger charge is -2.41. The summed E-state index contributed by atoms with van der Waals surface area (Å²) in [5, 5.41) is 9.97. The van der Waals surface area contributed by atoms with Crippen molar-refractivity contribution in [3.63, 3.8) is 0 Å². The predicted octanol–water partition coefficient (Wildman–Crippen LogP) is 2.20. The molecule has 104 valence electrons. The molecule has 3 nitrogen and oxygen atoms in total. The molecular weight excluding hydrogens is 252 g/mol. The minimum absolute atomic E-state index is 0.141. The Hall–Kier alpha value is -1.49. The topological polar surface area (TPSA) is 40.5 Å². The van der Waals surface area contributed by atoms with Crippen molar-refractivity contribution in [2.24, 2.45) is 5.41 Å². The molecule has 1 aromatic rings. The van der Waals surface area contributed by atoms with Crippen LogP contribution in [0.5, 0.6) is 0 Å². The van der Waals surface area contributed by atoms with Gasteiger partial charge in [0.25, 0.3) is 5.91 Å². The van der Waals surface area contributed by atoms with Crippen molar-refractivity contribution in [3.05, 3.63) is 35.4 Å². The van der Waals surface area contributed by atoms with Crippen LogP contribution in [0.1, 0.15) is 30.6 Å². The Labute approximate surface area is 110 Å². The molecule has 0 aliphatic carbocycles. The summed E-state index contributed by atoms with van der Waals surface area (Å²) in [6.45, 7) is 4.41. The van der Waals surface area contributed by atoms with Crippen molar-refractivity contribution < 1.29 is 18.7 Å². The SMILES string of the molecule is CC1(C)CCN(C(=O)c2cc(F)ccc2F)CC1O. The second-order valence-corrected chi connectivity index (χ2v) is 5.63. The van der Waals surface area contributed by atoms with Crippen LogP contribution in [0.4, 0.5) is 8.78 Å². The number of carbonyl (C=O) groups excluding carboxylic acids is 1. The summed E-state index contributed by atoms with van der Waals surface area (Å²) < 4.78 is 26.6. The van der Waals surface area contributed by atoms with Crippen LogP contribution in [-0.4, -0.2) is 35.1 Å². The fourth-order valence-corrected chi connectivity index (χ4v) is 2.15. The number of nitrogens with zero attached hydrogens (tertiary/aromatic N) is 1. The van der Waals surface area contributed by atoms with E-state index in [1.54, 1.807) is 0 Å². The van der Waals surface area contributed by atoms with Gasteiger partial charge in [-0.15, -0.1) is 0 Å². The standard InChI is InChI=1S/C14H17F2NO2/c1-14(2)5-6-17(8-12(14)18)13(19)10-7-9(15)3-4-11(10)16/h3-4,7,12,18H,5-6,8H2,1-2H3. The number of aliphatic hydroxyl groups is 1. The number of halogens is 2. The smallest absolute Gasteiger partial charge is 0.257 e. The van der Waals surface area contributed by atoms with Gasteiger partial charge < -0.3 is 10.0 Å². The van der Waals surface area contributed by atoms with Gasteiger partial charge in [0.15, 0.2) is 0 Å². The summed E-state index contributed by atoms with van der Waals surface area (Å²) >= 11 is 0. The Morgan fingerprint density at radius 2 is 2.11 bits per heavy atom. The monoisotopic (exact) mass is 269 g/mol. The molecule has 0 bridgehead atoms. The fraction of sp³-hybridized carbons (Fsp3) is 0.500. The highest BCUT2D eigenvalue weighted by Gasteiger charge is 2.36. The molecule has 0 saturated carbocycles. The van der Waals surface area contributed by atoms with Crippen molar-refractivity contribution in [3.8, 4) is 0 Å². The van der Waals surface area contributed by atoms with Crippen LogP contribution in [0.15, 0.2) is 18.2 Å². The van der Waals surface area contributed by atoms with Crippen molar-refractivity contribution in [1.82, 2.24) is 4.90 Å². The van der Waals surface area contributed by atoms with E-state index >= 15 is 0 Å². The van der Waals surface area contributed by atoms with Gasteiger partial charge in [0.1, 0.15) is 11.6 Å². The van der Waals surface area contributed by atoms with Gasteiger partial charge in [0.2, 0.25) is 0 Å². The van der Waals surface area contributed by atoms with E-state index in [0.29, 0.717) is 13.0 Å². The van der Waals surface area contributed by atoms with E-state index in [1.165, 1.54) is 4.90 Å². The zero-order valence-electron chi connectivity index (χ0n) is 11.0. The third-order valence-electron chi connectivity index (χ3n) is 3.77. The van der Waals surface area contributed by atoms with Gasteiger partial charge in [-0.1, -0.05) is 13.8 Å². The number of piperidine rings is 1. The minimum atomic E-state index is -0.745. The highest BCUT2D eigenvalue weighted by atomic mass is 19.1. The van der Waals surface area contributed by atoms with Crippen molar-refractivity contribution in [1.29, 1.82) is 0 Å². The molecule has 1 atom stereocenters. The summed E-state index contributed by atoms with van der Waals surface area (Å²) in [6, 6.07) is 2.80. The number of β-amino-alcohol motifs (C(OH)–C–C–N with tert-alkyl or cyclic N) is 1. The fourth-order valence-electron chi connectivity index (χ4n) is 2.15. The number of hydrogen-bond acceptors (Lipinski definition) is 2. The number of aliphatic hydroxyl groups excluding tert-OH is 1. The van der Waals surface area contributed by atoms with Gasteiger partial charge in [-0.05, 0) is 30.0 Å². The Morgan fingerprint density at radius 1 is 1.42 bits per heavy atom. The Morgan fingerprint density at radius 3 is 2.74 bits per heavy atom. The molecule has 0 radical (unpaired) electrons. The number of likely N-dealkylation sites (tertiary alicyclic amines) is 1. The Kier molecular flexibility index (Phi) is 3.58. The molecule has 2 rings (SSSR count). The van der Waals surface area contributed by atoms with Crippen LogP contribution in [0.25, 0.3) is 0 Å². The van der Waals surface area contributed by atoms with E-state index in [2.05, 4.69) is 0 Å². The number of hydrogen-bond donors (Lipinski definition) is 1. The minimum Gasteiger partial charge on any atom is -0.391 e. The third kappa shape index (κ3) is 2.76. The van der Waals surface area contributed by atoms with E-state index in [0.717, 1.165) is 18.2 Å². The molecule has 1 saturated heterocycles. The van der Waals surface area contributed by atoms with Crippen LogP contribution in [0.2, 0.25) is 0 Å². The lowest BCUT2D eigenvalue weighted by Crippen LogP contribution is -2.50. The summed E-state index contributed by atoms with van der Waals surface area (Å²) in [4.78, 5) is 13.5. The second-order valence-electron chi connectivity index (χ2n) is 5.63. The first-order valence-corrected chi connectivity index (χ1v) is 6.23. The molecule has 1 amide bonds.